The Bertz CT molecular complexity index is 701. The third-order valence-electron chi connectivity index (χ3n) is 3.85. The zero-order chi connectivity index (χ0) is 15.0. The largest absolute Gasteiger partial charge is 0.315 e. The van der Waals surface area contributed by atoms with Crippen LogP contribution < -0.4 is 4.90 Å². The van der Waals surface area contributed by atoms with Crippen molar-refractivity contribution in [2.45, 2.75) is 17.7 Å². The van der Waals surface area contributed by atoms with E-state index in [-0.39, 0.29) is 10.7 Å². The van der Waals surface area contributed by atoms with Crippen molar-refractivity contribution in [3.05, 3.63) is 64.2 Å². The van der Waals surface area contributed by atoms with Crippen LogP contribution in [0, 0.1) is 0 Å². The van der Waals surface area contributed by atoms with Gasteiger partial charge in [-0.1, -0.05) is 51.8 Å². The van der Waals surface area contributed by atoms with Gasteiger partial charge in [-0.2, -0.15) is 0 Å². The lowest BCUT2D eigenvalue weighted by Crippen LogP contribution is -2.20. The number of alkyl halides is 1. The molecule has 3 rings (SSSR count). The average Bonchev–Trinajstić information content (AvgIpc) is 2.73. The predicted octanol–water partition coefficient (Wildman–Crippen LogP) is 4.54. The molecule has 1 unspecified atom stereocenters. The van der Waals surface area contributed by atoms with Gasteiger partial charge < -0.3 is 4.90 Å². The fraction of sp³-hybridized carbons (Fsp3) is 0.235. The summed E-state index contributed by atoms with van der Waals surface area (Å²) in [4.78, 5) is 13.7. The van der Waals surface area contributed by atoms with Crippen LogP contribution in [0.25, 0.3) is 0 Å². The van der Waals surface area contributed by atoms with Crippen LogP contribution in [0.15, 0.2) is 42.5 Å². The van der Waals surface area contributed by atoms with Gasteiger partial charge in [-0.3, -0.25) is 4.79 Å². The molecule has 0 fully saturated rings. The summed E-state index contributed by atoms with van der Waals surface area (Å²) in [6.45, 7) is 0. The summed E-state index contributed by atoms with van der Waals surface area (Å²) in [5, 5.41) is 0.758. The highest BCUT2D eigenvalue weighted by Crippen LogP contribution is 2.34. The normalized spacial score (nSPS) is 15.2. The third kappa shape index (κ3) is 2.99. The molecule has 1 atom stereocenters. The number of likely N-dealkylation sites (N-methyl/N-ethyl adjacent to an activating group) is 1. The summed E-state index contributed by atoms with van der Waals surface area (Å²) in [6, 6.07) is 14.1. The monoisotopic (exact) mass is 363 g/mol. The number of benzene rings is 2. The molecule has 1 aliphatic rings. The van der Waals surface area contributed by atoms with Crippen molar-refractivity contribution in [3.63, 3.8) is 0 Å². The van der Waals surface area contributed by atoms with Crippen LogP contribution in [0.2, 0.25) is 5.02 Å². The molecule has 21 heavy (non-hydrogen) atoms. The molecule has 2 aromatic carbocycles. The van der Waals surface area contributed by atoms with Gasteiger partial charge in [-0.25, -0.2) is 0 Å². The van der Waals surface area contributed by atoms with E-state index in [1.807, 2.05) is 31.3 Å². The topological polar surface area (TPSA) is 20.3 Å². The van der Waals surface area contributed by atoms with Gasteiger partial charge in [0.05, 0.1) is 6.42 Å². The molecule has 0 bridgehead atoms. The molecule has 0 spiro atoms. The summed E-state index contributed by atoms with van der Waals surface area (Å²) in [5.74, 6) is 0.156. The van der Waals surface area contributed by atoms with Crippen molar-refractivity contribution in [2.75, 3.05) is 11.9 Å². The minimum Gasteiger partial charge on any atom is -0.315 e. The highest BCUT2D eigenvalue weighted by molar-refractivity contribution is 9.09. The quantitative estimate of drug-likeness (QED) is 0.732. The Balaban J connectivity index is 1.81. The second-order valence-electron chi connectivity index (χ2n) is 5.32. The van der Waals surface area contributed by atoms with Crippen LogP contribution in [-0.2, 0) is 17.6 Å². The molecule has 0 N–H and O–H groups in total. The molecular weight excluding hydrogens is 350 g/mol. The SMILES string of the molecule is CN1C(=O)Cc2cc(C(Br)Cc3cccc(Cl)c3)ccc21. The lowest BCUT2D eigenvalue weighted by atomic mass is 10.0. The average molecular weight is 365 g/mol. The van der Waals surface area contributed by atoms with Crippen LogP contribution in [0.1, 0.15) is 21.5 Å². The zero-order valence-corrected chi connectivity index (χ0v) is 14.0. The van der Waals surface area contributed by atoms with E-state index >= 15 is 0 Å². The number of halogens is 2. The number of fused-ring (bicyclic) bond motifs is 1. The van der Waals surface area contributed by atoms with E-state index in [0.717, 1.165) is 22.7 Å². The standard InChI is InChI=1S/C17H15BrClNO/c1-20-16-6-5-12(9-13(16)10-17(20)21)15(18)8-11-3-2-4-14(19)7-11/h2-7,9,15H,8,10H2,1H3. The smallest absolute Gasteiger partial charge is 0.231 e. The maximum absolute atomic E-state index is 11.7. The van der Waals surface area contributed by atoms with E-state index in [0.29, 0.717) is 6.42 Å². The minimum atomic E-state index is 0.156. The first-order valence-electron chi connectivity index (χ1n) is 6.82. The molecule has 2 nitrogen and oxygen atoms in total. The minimum absolute atomic E-state index is 0.156. The van der Waals surface area contributed by atoms with Gasteiger partial charge in [-0.05, 0) is 41.3 Å². The van der Waals surface area contributed by atoms with Crippen LogP contribution in [-0.4, -0.2) is 13.0 Å². The van der Waals surface area contributed by atoms with E-state index in [4.69, 9.17) is 11.6 Å². The maximum atomic E-state index is 11.7. The molecule has 2 aromatic rings. The van der Waals surface area contributed by atoms with Crippen LogP contribution in [0.3, 0.4) is 0 Å². The Morgan fingerprint density at radius 3 is 2.86 bits per heavy atom. The molecule has 0 aromatic heterocycles. The molecule has 0 aliphatic carbocycles. The first-order chi connectivity index (χ1) is 10.0. The van der Waals surface area contributed by atoms with Crippen molar-refractivity contribution < 1.29 is 4.79 Å². The summed E-state index contributed by atoms with van der Waals surface area (Å²) < 4.78 is 0. The maximum Gasteiger partial charge on any atom is 0.231 e. The number of hydrogen-bond donors (Lipinski definition) is 0. The molecule has 0 saturated carbocycles. The highest BCUT2D eigenvalue weighted by Gasteiger charge is 2.24. The number of carbonyl (C=O) groups is 1. The Labute approximate surface area is 137 Å². The third-order valence-corrected chi connectivity index (χ3v) is 4.93. The molecule has 1 aliphatic heterocycles. The molecule has 1 amide bonds. The van der Waals surface area contributed by atoms with E-state index in [9.17, 15) is 4.79 Å². The fourth-order valence-electron chi connectivity index (χ4n) is 2.67. The lowest BCUT2D eigenvalue weighted by molar-refractivity contribution is -0.117. The molecular formula is C17H15BrClNO. The van der Waals surface area contributed by atoms with Crippen molar-refractivity contribution in [1.82, 2.24) is 0 Å². The van der Waals surface area contributed by atoms with E-state index < -0.39 is 0 Å². The summed E-state index contributed by atoms with van der Waals surface area (Å²) in [7, 11) is 1.82. The first-order valence-corrected chi connectivity index (χ1v) is 8.12. The number of rotatable bonds is 3. The zero-order valence-electron chi connectivity index (χ0n) is 11.6. The predicted molar refractivity (Wildman–Crippen MR) is 90.4 cm³/mol. The van der Waals surface area contributed by atoms with Gasteiger partial charge in [0.15, 0.2) is 0 Å². The Morgan fingerprint density at radius 2 is 2.10 bits per heavy atom. The van der Waals surface area contributed by atoms with E-state index in [1.165, 1.54) is 11.1 Å². The molecule has 1 heterocycles. The van der Waals surface area contributed by atoms with Crippen molar-refractivity contribution >= 4 is 39.1 Å². The molecule has 0 radical (unpaired) electrons. The van der Waals surface area contributed by atoms with Crippen LogP contribution >= 0.6 is 27.5 Å². The van der Waals surface area contributed by atoms with Gasteiger partial charge in [0.25, 0.3) is 0 Å². The number of anilines is 1. The summed E-state index contributed by atoms with van der Waals surface area (Å²) in [6.07, 6.45) is 1.36. The van der Waals surface area contributed by atoms with Crippen molar-refractivity contribution in [1.29, 1.82) is 0 Å². The van der Waals surface area contributed by atoms with Gasteiger partial charge in [-0.15, -0.1) is 0 Å². The summed E-state index contributed by atoms with van der Waals surface area (Å²) in [5.41, 5.74) is 4.51. The Kier molecular flexibility index (Phi) is 4.05. The van der Waals surface area contributed by atoms with E-state index in [2.05, 4.69) is 34.1 Å². The van der Waals surface area contributed by atoms with Gasteiger partial charge in [0, 0.05) is 22.6 Å². The summed E-state index contributed by atoms with van der Waals surface area (Å²) >= 11 is 9.77. The first kappa shape index (κ1) is 14.6. The Morgan fingerprint density at radius 1 is 1.29 bits per heavy atom. The number of hydrogen-bond acceptors (Lipinski definition) is 1. The number of nitrogens with zero attached hydrogens (tertiary/aromatic N) is 1. The second kappa shape index (κ2) is 5.82. The fourth-order valence-corrected chi connectivity index (χ4v) is 3.55. The van der Waals surface area contributed by atoms with Crippen LogP contribution in [0.5, 0.6) is 0 Å². The van der Waals surface area contributed by atoms with E-state index in [1.54, 1.807) is 4.90 Å². The number of carbonyl (C=O) groups excluding carboxylic acids is 1. The second-order valence-corrected chi connectivity index (χ2v) is 6.86. The van der Waals surface area contributed by atoms with Gasteiger partial charge in [0.1, 0.15) is 0 Å². The van der Waals surface area contributed by atoms with Crippen molar-refractivity contribution in [2.24, 2.45) is 0 Å². The Hall–Kier alpha value is -1.32. The van der Waals surface area contributed by atoms with Crippen LogP contribution in [0.4, 0.5) is 5.69 Å². The number of amides is 1. The molecule has 4 heteroatoms. The lowest BCUT2D eigenvalue weighted by Gasteiger charge is -2.14. The molecule has 108 valence electrons. The van der Waals surface area contributed by atoms with Gasteiger partial charge >= 0.3 is 0 Å². The highest BCUT2D eigenvalue weighted by atomic mass is 79.9. The van der Waals surface area contributed by atoms with Crippen molar-refractivity contribution in [3.8, 4) is 0 Å². The molecule has 0 saturated heterocycles. The van der Waals surface area contributed by atoms with Gasteiger partial charge in [0.2, 0.25) is 5.91 Å².